The number of amides is 3. The summed E-state index contributed by atoms with van der Waals surface area (Å²) in [6, 6.07) is 15.9. The Kier molecular flexibility index (Phi) is 3.80. The molecule has 1 saturated heterocycles. The van der Waals surface area contributed by atoms with Crippen molar-refractivity contribution >= 4 is 33.7 Å². The summed E-state index contributed by atoms with van der Waals surface area (Å²) in [5, 5.41) is 8.06. The molecule has 128 valence electrons. The van der Waals surface area contributed by atoms with E-state index in [1.165, 1.54) is 15.7 Å². The Labute approximate surface area is 145 Å². The lowest BCUT2D eigenvalue weighted by Crippen LogP contribution is -2.44. The highest BCUT2D eigenvalue weighted by Gasteiger charge is 2.32. The summed E-state index contributed by atoms with van der Waals surface area (Å²) in [6.45, 7) is 1.55. The van der Waals surface area contributed by atoms with Crippen molar-refractivity contribution in [2.45, 2.75) is 12.6 Å². The number of carbonyl (C=O) groups excluding carboxylic acids is 2. The molecule has 1 aromatic heterocycles. The van der Waals surface area contributed by atoms with E-state index in [1.54, 1.807) is 7.05 Å². The minimum absolute atomic E-state index is 0.124. The number of aromatic nitrogens is 1. The summed E-state index contributed by atoms with van der Waals surface area (Å²) < 4.78 is 2.23. The molecule has 0 spiro atoms. The van der Waals surface area contributed by atoms with Crippen LogP contribution in [0.5, 0.6) is 0 Å². The summed E-state index contributed by atoms with van der Waals surface area (Å²) in [7, 11) is 1.64. The molecule has 1 aliphatic heterocycles. The summed E-state index contributed by atoms with van der Waals surface area (Å²) in [6.07, 6.45) is 0. The van der Waals surface area contributed by atoms with Crippen molar-refractivity contribution in [3.05, 3.63) is 48.5 Å². The maximum absolute atomic E-state index is 12.3. The van der Waals surface area contributed by atoms with Crippen molar-refractivity contribution in [3.63, 3.8) is 0 Å². The van der Waals surface area contributed by atoms with Gasteiger partial charge in [-0.2, -0.15) is 0 Å². The molecule has 3 amide bonds. The third-order valence-electron chi connectivity index (χ3n) is 4.85. The minimum Gasteiger partial charge on any atom is -0.352 e. The van der Waals surface area contributed by atoms with Gasteiger partial charge in [0, 0.05) is 48.5 Å². The van der Waals surface area contributed by atoms with Crippen LogP contribution in [0.1, 0.15) is 0 Å². The molecule has 6 nitrogen and oxygen atoms in total. The van der Waals surface area contributed by atoms with E-state index in [2.05, 4.69) is 39.5 Å². The van der Waals surface area contributed by atoms with Crippen LogP contribution in [0, 0.1) is 0 Å². The first kappa shape index (κ1) is 15.5. The van der Waals surface area contributed by atoms with Gasteiger partial charge in [-0.05, 0) is 12.1 Å². The van der Waals surface area contributed by atoms with Gasteiger partial charge in [-0.15, -0.1) is 0 Å². The van der Waals surface area contributed by atoms with Gasteiger partial charge in [0.1, 0.15) is 6.04 Å². The summed E-state index contributed by atoms with van der Waals surface area (Å²) in [5.74, 6) is -0.124. The van der Waals surface area contributed by atoms with Gasteiger partial charge in [-0.3, -0.25) is 4.79 Å². The predicted molar refractivity (Wildman–Crippen MR) is 97.4 cm³/mol. The smallest absolute Gasteiger partial charge is 0.317 e. The van der Waals surface area contributed by atoms with Crippen LogP contribution in [0.15, 0.2) is 48.5 Å². The Morgan fingerprint density at radius 1 is 1.12 bits per heavy atom. The van der Waals surface area contributed by atoms with Crippen molar-refractivity contribution in [2.75, 3.05) is 20.1 Å². The summed E-state index contributed by atoms with van der Waals surface area (Å²) in [4.78, 5) is 25.2. The van der Waals surface area contributed by atoms with Crippen molar-refractivity contribution in [3.8, 4) is 0 Å². The topological polar surface area (TPSA) is 66.4 Å². The Bertz CT molecular complexity index is 909. The van der Waals surface area contributed by atoms with E-state index in [9.17, 15) is 9.59 Å². The van der Waals surface area contributed by atoms with Crippen LogP contribution < -0.4 is 10.6 Å². The third-order valence-corrected chi connectivity index (χ3v) is 4.85. The molecule has 6 heteroatoms. The number of carbonyl (C=O) groups is 2. The van der Waals surface area contributed by atoms with Gasteiger partial charge in [-0.25, -0.2) is 4.79 Å². The van der Waals surface area contributed by atoms with Crippen LogP contribution in [0.25, 0.3) is 21.8 Å². The molecular weight excluding hydrogens is 316 g/mol. The lowest BCUT2D eigenvalue weighted by molar-refractivity contribution is -0.124. The van der Waals surface area contributed by atoms with E-state index in [-0.39, 0.29) is 11.9 Å². The van der Waals surface area contributed by atoms with E-state index in [0.29, 0.717) is 19.6 Å². The van der Waals surface area contributed by atoms with Crippen molar-refractivity contribution in [2.24, 2.45) is 0 Å². The quantitative estimate of drug-likeness (QED) is 0.765. The molecule has 1 atom stereocenters. The van der Waals surface area contributed by atoms with Crippen molar-refractivity contribution in [1.82, 2.24) is 20.1 Å². The Morgan fingerprint density at radius 2 is 1.72 bits per heavy atom. The highest BCUT2D eigenvalue weighted by atomic mass is 16.2. The molecule has 1 aliphatic rings. The zero-order valence-electron chi connectivity index (χ0n) is 14.0. The molecule has 0 radical (unpaired) electrons. The number of urea groups is 1. The Morgan fingerprint density at radius 3 is 2.28 bits per heavy atom. The summed E-state index contributed by atoms with van der Waals surface area (Å²) >= 11 is 0. The normalized spacial score (nSPS) is 17.2. The van der Waals surface area contributed by atoms with Gasteiger partial charge in [0.2, 0.25) is 5.91 Å². The zero-order valence-corrected chi connectivity index (χ0v) is 14.0. The fraction of sp³-hybridized carbons (Fsp3) is 0.263. The number of rotatable bonds is 4. The van der Waals surface area contributed by atoms with Gasteiger partial charge in [-0.1, -0.05) is 36.4 Å². The standard InChI is InChI=1S/C19H20N4O2/c1-22-17(12-21-19(22)25)18(24)20-10-11-23-15-8-4-2-6-13(15)14-7-3-5-9-16(14)23/h2-9,17H,10-12H2,1H3,(H,20,24)(H,21,25). The number of hydrogen-bond acceptors (Lipinski definition) is 2. The van der Waals surface area contributed by atoms with Crippen LogP contribution in [0.4, 0.5) is 4.79 Å². The van der Waals surface area contributed by atoms with Crippen LogP contribution in [-0.4, -0.2) is 47.6 Å². The number of nitrogens with zero attached hydrogens (tertiary/aromatic N) is 2. The average Bonchev–Trinajstić information content (AvgIpc) is 3.14. The second kappa shape index (κ2) is 6.12. The second-order valence-corrected chi connectivity index (χ2v) is 6.29. The molecular formula is C19H20N4O2. The fourth-order valence-electron chi connectivity index (χ4n) is 3.51. The monoisotopic (exact) mass is 336 g/mol. The molecule has 1 unspecified atom stereocenters. The van der Waals surface area contributed by atoms with Crippen LogP contribution in [0.3, 0.4) is 0 Å². The number of nitrogens with one attached hydrogen (secondary N) is 2. The first-order valence-corrected chi connectivity index (χ1v) is 8.41. The first-order chi connectivity index (χ1) is 12.2. The predicted octanol–water partition coefficient (Wildman–Crippen LogP) is 1.93. The van der Waals surface area contributed by atoms with Gasteiger partial charge < -0.3 is 20.1 Å². The van der Waals surface area contributed by atoms with E-state index in [4.69, 9.17) is 0 Å². The number of likely N-dealkylation sites (N-methyl/N-ethyl adjacent to an activating group) is 1. The Hall–Kier alpha value is -3.02. The molecule has 0 saturated carbocycles. The SMILES string of the molecule is CN1C(=O)NCC1C(=O)NCCn1c2ccccc2c2ccccc21. The number of para-hydroxylation sites is 2. The minimum atomic E-state index is -0.439. The van der Waals surface area contributed by atoms with Crippen LogP contribution in [0.2, 0.25) is 0 Å². The zero-order chi connectivity index (χ0) is 17.4. The lowest BCUT2D eigenvalue weighted by atomic mass is 10.2. The molecule has 2 N–H and O–H groups in total. The second-order valence-electron chi connectivity index (χ2n) is 6.29. The van der Waals surface area contributed by atoms with Gasteiger partial charge in [0.05, 0.1) is 0 Å². The highest BCUT2D eigenvalue weighted by Crippen LogP contribution is 2.28. The largest absolute Gasteiger partial charge is 0.352 e. The lowest BCUT2D eigenvalue weighted by Gasteiger charge is -2.17. The molecule has 0 aliphatic carbocycles. The molecule has 1 fully saturated rings. The Balaban J connectivity index is 1.53. The van der Waals surface area contributed by atoms with Gasteiger partial charge in [0.25, 0.3) is 0 Å². The van der Waals surface area contributed by atoms with Crippen molar-refractivity contribution in [1.29, 1.82) is 0 Å². The van der Waals surface area contributed by atoms with E-state index < -0.39 is 6.04 Å². The van der Waals surface area contributed by atoms with Crippen LogP contribution in [-0.2, 0) is 11.3 Å². The average molecular weight is 336 g/mol. The first-order valence-electron chi connectivity index (χ1n) is 8.41. The summed E-state index contributed by atoms with van der Waals surface area (Å²) in [5.41, 5.74) is 2.32. The number of hydrogen-bond donors (Lipinski definition) is 2. The van der Waals surface area contributed by atoms with Gasteiger partial charge in [0.15, 0.2) is 0 Å². The van der Waals surface area contributed by atoms with E-state index in [0.717, 1.165) is 11.0 Å². The van der Waals surface area contributed by atoms with Gasteiger partial charge >= 0.3 is 6.03 Å². The maximum atomic E-state index is 12.3. The van der Waals surface area contributed by atoms with Crippen molar-refractivity contribution < 1.29 is 9.59 Å². The molecule has 25 heavy (non-hydrogen) atoms. The molecule has 2 aromatic carbocycles. The fourth-order valence-corrected chi connectivity index (χ4v) is 3.51. The molecule has 2 heterocycles. The molecule has 3 aromatic rings. The highest BCUT2D eigenvalue weighted by molar-refractivity contribution is 6.07. The third kappa shape index (κ3) is 2.59. The van der Waals surface area contributed by atoms with Crippen LogP contribution >= 0.6 is 0 Å². The van der Waals surface area contributed by atoms with E-state index >= 15 is 0 Å². The number of benzene rings is 2. The molecule has 4 rings (SSSR count). The maximum Gasteiger partial charge on any atom is 0.317 e. The van der Waals surface area contributed by atoms with E-state index in [1.807, 2.05) is 24.3 Å². The number of fused-ring (bicyclic) bond motifs is 3. The molecule has 0 bridgehead atoms.